The van der Waals surface area contributed by atoms with E-state index >= 15 is 0 Å². The first kappa shape index (κ1) is 14.6. The van der Waals surface area contributed by atoms with E-state index in [1.165, 1.54) is 44.9 Å². The number of likely N-dealkylation sites (tertiary alicyclic amines) is 1. The molecule has 1 aliphatic carbocycles. The number of carbonyl (C=O) groups is 1. The Labute approximate surface area is 127 Å². The average Bonchev–Trinajstić information content (AvgIpc) is 2.56. The van der Waals surface area contributed by atoms with E-state index in [4.69, 9.17) is 5.73 Å². The van der Waals surface area contributed by atoms with Gasteiger partial charge < -0.3 is 10.6 Å². The molecule has 1 aromatic rings. The molecule has 1 amide bonds. The fourth-order valence-electron chi connectivity index (χ4n) is 4.00. The van der Waals surface area contributed by atoms with Crippen LogP contribution in [0.25, 0.3) is 0 Å². The number of carbonyl (C=O) groups excluding carboxylic acids is 1. The van der Waals surface area contributed by atoms with E-state index in [2.05, 4.69) is 0 Å². The molecule has 3 rings (SSSR count). The number of nitrogens with two attached hydrogens (primary N) is 1. The molecule has 0 unspecified atom stereocenters. The van der Waals surface area contributed by atoms with Gasteiger partial charge in [-0.1, -0.05) is 49.6 Å². The van der Waals surface area contributed by atoms with E-state index in [0.717, 1.165) is 18.7 Å². The zero-order chi connectivity index (χ0) is 14.7. The molecule has 0 radical (unpaired) electrons. The molecule has 1 aliphatic heterocycles. The molecule has 1 aromatic carbocycles. The zero-order valence-corrected chi connectivity index (χ0v) is 12.8. The molecule has 1 heterocycles. The van der Waals surface area contributed by atoms with Crippen molar-refractivity contribution in [2.45, 2.75) is 51.0 Å². The van der Waals surface area contributed by atoms with Gasteiger partial charge in [0.1, 0.15) is 6.04 Å². The molecule has 1 atom stereocenters. The van der Waals surface area contributed by atoms with Crippen molar-refractivity contribution in [1.29, 1.82) is 0 Å². The Balaban J connectivity index is 1.60. The molecule has 3 heteroatoms. The third-order valence-corrected chi connectivity index (χ3v) is 5.47. The first-order valence-electron chi connectivity index (χ1n) is 8.30. The minimum absolute atomic E-state index is 0.0897. The van der Waals surface area contributed by atoms with Crippen LogP contribution in [-0.4, -0.2) is 23.9 Å². The molecule has 2 N–H and O–H groups in total. The van der Waals surface area contributed by atoms with Crippen LogP contribution in [0.15, 0.2) is 30.3 Å². The van der Waals surface area contributed by atoms with Crippen molar-refractivity contribution in [3.8, 4) is 0 Å². The molecule has 114 valence electrons. The number of hydrogen-bond donors (Lipinski definition) is 1. The summed E-state index contributed by atoms with van der Waals surface area (Å²) in [7, 11) is 0. The lowest BCUT2D eigenvalue weighted by Gasteiger charge is -2.44. The van der Waals surface area contributed by atoms with Gasteiger partial charge in [-0.2, -0.15) is 0 Å². The monoisotopic (exact) mass is 286 g/mol. The van der Waals surface area contributed by atoms with Crippen LogP contribution in [0.2, 0.25) is 0 Å². The van der Waals surface area contributed by atoms with Crippen molar-refractivity contribution >= 4 is 5.91 Å². The molecule has 2 fully saturated rings. The van der Waals surface area contributed by atoms with Crippen LogP contribution < -0.4 is 5.73 Å². The van der Waals surface area contributed by atoms with E-state index in [1.54, 1.807) is 0 Å². The highest BCUT2D eigenvalue weighted by molar-refractivity contribution is 5.83. The molecule has 3 nitrogen and oxygen atoms in total. The highest BCUT2D eigenvalue weighted by atomic mass is 16.2. The number of nitrogens with zero attached hydrogens (tertiary/aromatic N) is 1. The Morgan fingerprint density at radius 1 is 1.00 bits per heavy atom. The fraction of sp³-hybridized carbons (Fsp3) is 0.611. The standard InChI is InChI=1S/C18H26N2O/c19-16(15-7-3-1-4-8-15)17(21)20-13-11-18(12-14-20)9-5-2-6-10-18/h1,3-4,7-8,16H,2,5-6,9-14,19H2/t16-/m1/s1. The molecule has 0 aromatic heterocycles. The predicted octanol–water partition coefficient (Wildman–Crippen LogP) is 3.26. The molecule has 21 heavy (non-hydrogen) atoms. The summed E-state index contributed by atoms with van der Waals surface area (Å²) in [6.45, 7) is 1.78. The Morgan fingerprint density at radius 2 is 1.62 bits per heavy atom. The second-order valence-electron chi connectivity index (χ2n) is 6.77. The quantitative estimate of drug-likeness (QED) is 0.907. The Hall–Kier alpha value is -1.35. The SMILES string of the molecule is N[C@@H](C(=O)N1CCC2(CCCCC2)CC1)c1ccccc1. The first-order valence-corrected chi connectivity index (χ1v) is 8.30. The van der Waals surface area contributed by atoms with Crippen molar-refractivity contribution in [1.82, 2.24) is 4.90 Å². The lowest BCUT2D eigenvalue weighted by Crippen LogP contribution is -2.46. The summed E-state index contributed by atoms with van der Waals surface area (Å²) in [5, 5.41) is 0. The Morgan fingerprint density at radius 3 is 2.24 bits per heavy atom. The Kier molecular flexibility index (Phi) is 4.29. The smallest absolute Gasteiger partial charge is 0.244 e. The maximum atomic E-state index is 12.6. The third-order valence-electron chi connectivity index (χ3n) is 5.47. The van der Waals surface area contributed by atoms with Gasteiger partial charge in [0.2, 0.25) is 5.91 Å². The molecule has 2 aliphatic rings. The Bertz CT molecular complexity index is 469. The van der Waals surface area contributed by atoms with Gasteiger partial charge in [0.25, 0.3) is 0 Å². The summed E-state index contributed by atoms with van der Waals surface area (Å²) >= 11 is 0. The van der Waals surface area contributed by atoms with E-state index in [9.17, 15) is 4.79 Å². The number of piperidine rings is 1. The van der Waals surface area contributed by atoms with E-state index in [-0.39, 0.29) is 5.91 Å². The summed E-state index contributed by atoms with van der Waals surface area (Å²) in [5.41, 5.74) is 7.60. The summed E-state index contributed by atoms with van der Waals surface area (Å²) in [4.78, 5) is 14.6. The van der Waals surface area contributed by atoms with Gasteiger partial charge in [-0.25, -0.2) is 0 Å². The van der Waals surface area contributed by atoms with Crippen LogP contribution in [0.4, 0.5) is 0 Å². The molecule has 1 saturated carbocycles. The molecule has 0 bridgehead atoms. The van der Waals surface area contributed by atoms with Crippen LogP contribution in [0.1, 0.15) is 56.6 Å². The van der Waals surface area contributed by atoms with Gasteiger partial charge in [0.15, 0.2) is 0 Å². The number of rotatable bonds is 2. The average molecular weight is 286 g/mol. The maximum Gasteiger partial charge on any atom is 0.244 e. The van der Waals surface area contributed by atoms with Gasteiger partial charge in [-0.15, -0.1) is 0 Å². The first-order chi connectivity index (χ1) is 10.2. The number of amides is 1. The minimum Gasteiger partial charge on any atom is -0.341 e. The largest absolute Gasteiger partial charge is 0.341 e. The van der Waals surface area contributed by atoms with E-state index in [0.29, 0.717) is 5.41 Å². The second kappa shape index (κ2) is 6.18. The van der Waals surface area contributed by atoms with Crippen molar-refractivity contribution in [3.05, 3.63) is 35.9 Å². The number of benzene rings is 1. The van der Waals surface area contributed by atoms with Gasteiger partial charge in [-0.3, -0.25) is 4.79 Å². The lowest BCUT2D eigenvalue weighted by molar-refractivity contribution is -0.135. The van der Waals surface area contributed by atoms with Crippen molar-refractivity contribution in [2.24, 2.45) is 11.1 Å². The third kappa shape index (κ3) is 3.13. The predicted molar refractivity (Wildman–Crippen MR) is 84.7 cm³/mol. The van der Waals surface area contributed by atoms with Crippen LogP contribution >= 0.6 is 0 Å². The van der Waals surface area contributed by atoms with Crippen molar-refractivity contribution in [2.75, 3.05) is 13.1 Å². The normalized spacial score (nSPS) is 23.0. The second-order valence-corrected chi connectivity index (χ2v) is 6.77. The van der Waals surface area contributed by atoms with Crippen molar-refractivity contribution < 1.29 is 4.79 Å². The fourth-order valence-corrected chi connectivity index (χ4v) is 4.00. The van der Waals surface area contributed by atoms with Gasteiger partial charge in [0, 0.05) is 13.1 Å². The minimum atomic E-state index is -0.508. The highest BCUT2D eigenvalue weighted by Crippen LogP contribution is 2.44. The zero-order valence-electron chi connectivity index (χ0n) is 12.8. The molecule has 1 spiro atoms. The van der Waals surface area contributed by atoms with Crippen LogP contribution in [0.5, 0.6) is 0 Å². The highest BCUT2D eigenvalue weighted by Gasteiger charge is 2.37. The molecule has 1 saturated heterocycles. The van der Waals surface area contributed by atoms with Crippen LogP contribution in [0.3, 0.4) is 0 Å². The maximum absolute atomic E-state index is 12.6. The van der Waals surface area contributed by atoms with Gasteiger partial charge in [-0.05, 0) is 36.7 Å². The topological polar surface area (TPSA) is 46.3 Å². The summed E-state index contributed by atoms with van der Waals surface area (Å²) in [6.07, 6.45) is 9.19. The van der Waals surface area contributed by atoms with Gasteiger partial charge in [0.05, 0.1) is 0 Å². The number of hydrogen-bond acceptors (Lipinski definition) is 2. The van der Waals surface area contributed by atoms with Gasteiger partial charge >= 0.3 is 0 Å². The van der Waals surface area contributed by atoms with E-state index < -0.39 is 6.04 Å². The summed E-state index contributed by atoms with van der Waals surface area (Å²) < 4.78 is 0. The van der Waals surface area contributed by atoms with Crippen molar-refractivity contribution in [3.63, 3.8) is 0 Å². The van der Waals surface area contributed by atoms with Crippen LogP contribution in [0, 0.1) is 5.41 Å². The summed E-state index contributed by atoms with van der Waals surface area (Å²) in [5.74, 6) is 0.0897. The van der Waals surface area contributed by atoms with Crippen LogP contribution in [-0.2, 0) is 4.79 Å². The lowest BCUT2D eigenvalue weighted by atomic mass is 9.68. The molecular formula is C18H26N2O. The summed E-state index contributed by atoms with van der Waals surface area (Å²) in [6, 6.07) is 9.20. The molecular weight excluding hydrogens is 260 g/mol. The van der Waals surface area contributed by atoms with E-state index in [1.807, 2.05) is 35.2 Å².